The summed E-state index contributed by atoms with van der Waals surface area (Å²) in [5.74, 6) is 0.749. The zero-order chi connectivity index (χ0) is 11.7. The molecule has 1 aromatic heterocycles. The minimum Gasteiger partial charge on any atom is -0.497 e. The summed E-state index contributed by atoms with van der Waals surface area (Å²) in [6, 6.07) is 7.52. The van der Waals surface area contributed by atoms with Gasteiger partial charge in [0, 0.05) is 31.7 Å². The SMILES string of the molecule is COc1ccc2ccn(C(=O)N(C)C)c2c1. The largest absolute Gasteiger partial charge is 0.497 e. The van der Waals surface area contributed by atoms with Crippen LogP contribution in [0, 0.1) is 0 Å². The van der Waals surface area contributed by atoms with Crippen LogP contribution in [-0.2, 0) is 0 Å². The van der Waals surface area contributed by atoms with Crippen LogP contribution in [0.4, 0.5) is 4.79 Å². The highest BCUT2D eigenvalue weighted by atomic mass is 16.5. The number of methoxy groups -OCH3 is 1. The molecule has 0 N–H and O–H groups in total. The van der Waals surface area contributed by atoms with Gasteiger partial charge in [0.25, 0.3) is 0 Å². The fourth-order valence-corrected chi connectivity index (χ4v) is 1.62. The Bertz CT molecular complexity index is 529. The van der Waals surface area contributed by atoms with Gasteiger partial charge >= 0.3 is 6.03 Å². The number of rotatable bonds is 1. The van der Waals surface area contributed by atoms with Crippen molar-refractivity contribution in [2.24, 2.45) is 0 Å². The number of nitrogens with zero attached hydrogens (tertiary/aromatic N) is 2. The molecule has 0 saturated carbocycles. The number of hydrogen-bond acceptors (Lipinski definition) is 2. The maximum Gasteiger partial charge on any atom is 0.328 e. The fraction of sp³-hybridized carbons (Fsp3) is 0.250. The summed E-state index contributed by atoms with van der Waals surface area (Å²) >= 11 is 0. The third-order valence-electron chi connectivity index (χ3n) is 2.49. The van der Waals surface area contributed by atoms with E-state index in [0.717, 1.165) is 16.7 Å². The molecule has 0 spiro atoms. The predicted octanol–water partition coefficient (Wildman–Crippen LogP) is 2.18. The highest BCUT2D eigenvalue weighted by Crippen LogP contribution is 2.21. The molecule has 4 heteroatoms. The van der Waals surface area contributed by atoms with E-state index in [1.54, 1.807) is 36.9 Å². The van der Waals surface area contributed by atoms with Crippen LogP contribution < -0.4 is 4.74 Å². The van der Waals surface area contributed by atoms with E-state index in [0.29, 0.717) is 0 Å². The second-order valence-electron chi connectivity index (χ2n) is 3.79. The molecule has 0 atom stereocenters. The van der Waals surface area contributed by atoms with Crippen molar-refractivity contribution in [2.75, 3.05) is 21.2 Å². The average molecular weight is 218 g/mol. The molecule has 1 amide bonds. The first-order chi connectivity index (χ1) is 7.63. The summed E-state index contributed by atoms with van der Waals surface area (Å²) < 4.78 is 6.76. The molecule has 0 saturated heterocycles. The molecule has 84 valence electrons. The summed E-state index contributed by atoms with van der Waals surface area (Å²) in [7, 11) is 5.07. The lowest BCUT2D eigenvalue weighted by Crippen LogP contribution is -2.26. The number of fused-ring (bicyclic) bond motifs is 1. The Hall–Kier alpha value is -1.97. The molecule has 1 heterocycles. The molecule has 0 radical (unpaired) electrons. The number of carbonyl (C=O) groups excluding carboxylic acids is 1. The summed E-state index contributed by atoms with van der Waals surface area (Å²) in [6.45, 7) is 0. The van der Waals surface area contributed by atoms with Gasteiger partial charge in [-0.3, -0.25) is 4.57 Å². The van der Waals surface area contributed by atoms with Crippen molar-refractivity contribution >= 4 is 16.9 Å². The first-order valence-electron chi connectivity index (χ1n) is 5.00. The van der Waals surface area contributed by atoms with Gasteiger partial charge in [0.2, 0.25) is 0 Å². The third-order valence-corrected chi connectivity index (χ3v) is 2.49. The van der Waals surface area contributed by atoms with E-state index in [2.05, 4.69) is 0 Å². The van der Waals surface area contributed by atoms with E-state index >= 15 is 0 Å². The van der Waals surface area contributed by atoms with Gasteiger partial charge in [-0.2, -0.15) is 0 Å². The smallest absolute Gasteiger partial charge is 0.328 e. The van der Waals surface area contributed by atoms with E-state index in [9.17, 15) is 4.79 Å². The molecule has 2 rings (SSSR count). The Morgan fingerprint density at radius 2 is 2.06 bits per heavy atom. The Kier molecular flexibility index (Phi) is 2.56. The van der Waals surface area contributed by atoms with Crippen molar-refractivity contribution in [1.82, 2.24) is 9.47 Å². The molecular formula is C12H14N2O2. The number of aromatic nitrogens is 1. The lowest BCUT2D eigenvalue weighted by Gasteiger charge is -2.12. The van der Waals surface area contributed by atoms with Crippen LogP contribution in [-0.4, -0.2) is 36.7 Å². The Labute approximate surface area is 94.0 Å². The van der Waals surface area contributed by atoms with Gasteiger partial charge in [0.05, 0.1) is 12.6 Å². The molecule has 0 aliphatic rings. The third kappa shape index (κ3) is 1.62. The lowest BCUT2D eigenvalue weighted by atomic mass is 10.2. The van der Waals surface area contributed by atoms with Gasteiger partial charge in [-0.15, -0.1) is 0 Å². The monoisotopic (exact) mass is 218 g/mol. The highest BCUT2D eigenvalue weighted by Gasteiger charge is 2.10. The maximum atomic E-state index is 11.9. The predicted molar refractivity (Wildman–Crippen MR) is 63.0 cm³/mol. The summed E-state index contributed by atoms with van der Waals surface area (Å²) in [4.78, 5) is 13.4. The molecule has 0 fully saturated rings. The Balaban J connectivity index is 2.58. The molecular weight excluding hydrogens is 204 g/mol. The zero-order valence-corrected chi connectivity index (χ0v) is 9.60. The second kappa shape index (κ2) is 3.89. The topological polar surface area (TPSA) is 34.5 Å². The van der Waals surface area contributed by atoms with E-state index in [-0.39, 0.29) is 6.03 Å². The Morgan fingerprint density at radius 3 is 2.69 bits per heavy atom. The molecule has 1 aromatic carbocycles. The highest BCUT2D eigenvalue weighted by molar-refractivity contribution is 5.92. The van der Waals surface area contributed by atoms with Crippen molar-refractivity contribution in [3.63, 3.8) is 0 Å². The molecule has 16 heavy (non-hydrogen) atoms. The van der Waals surface area contributed by atoms with Crippen molar-refractivity contribution in [2.45, 2.75) is 0 Å². The fourth-order valence-electron chi connectivity index (χ4n) is 1.62. The number of ether oxygens (including phenoxy) is 1. The van der Waals surface area contributed by atoms with Crippen LogP contribution in [0.25, 0.3) is 10.9 Å². The van der Waals surface area contributed by atoms with E-state index < -0.39 is 0 Å². The van der Waals surface area contributed by atoms with Gasteiger partial charge in [-0.05, 0) is 18.2 Å². The molecule has 2 aromatic rings. The Morgan fingerprint density at radius 1 is 1.31 bits per heavy atom. The van der Waals surface area contributed by atoms with Crippen molar-refractivity contribution in [1.29, 1.82) is 0 Å². The summed E-state index contributed by atoms with van der Waals surface area (Å²) in [5.41, 5.74) is 0.859. The summed E-state index contributed by atoms with van der Waals surface area (Å²) in [6.07, 6.45) is 1.77. The van der Waals surface area contributed by atoms with E-state index in [1.165, 1.54) is 0 Å². The van der Waals surface area contributed by atoms with E-state index in [4.69, 9.17) is 4.74 Å². The zero-order valence-electron chi connectivity index (χ0n) is 9.60. The molecule has 4 nitrogen and oxygen atoms in total. The quantitative estimate of drug-likeness (QED) is 0.735. The minimum atomic E-state index is -0.0664. The first-order valence-corrected chi connectivity index (χ1v) is 5.00. The number of amides is 1. The number of carbonyl (C=O) groups is 1. The van der Waals surface area contributed by atoms with Gasteiger partial charge in [0.1, 0.15) is 5.75 Å². The second-order valence-corrected chi connectivity index (χ2v) is 3.79. The molecule has 0 aliphatic heterocycles. The molecule has 0 unspecified atom stereocenters. The van der Waals surface area contributed by atoms with Crippen LogP contribution in [0.15, 0.2) is 30.5 Å². The first kappa shape index (κ1) is 10.5. The number of benzene rings is 1. The van der Waals surface area contributed by atoms with Gasteiger partial charge in [-0.25, -0.2) is 4.79 Å². The van der Waals surface area contributed by atoms with Crippen LogP contribution in [0.1, 0.15) is 0 Å². The van der Waals surface area contributed by atoms with Crippen LogP contribution in [0.3, 0.4) is 0 Å². The van der Waals surface area contributed by atoms with Crippen molar-refractivity contribution in [3.8, 4) is 5.75 Å². The van der Waals surface area contributed by atoms with Gasteiger partial charge < -0.3 is 9.64 Å². The normalized spacial score (nSPS) is 10.4. The van der Waals surface area contributed by atoms with Crippen LogP contribution >= 0.6 is 0 Å². The van der Waals surface area contributed by atoms with Crippen molar-refractivity contribution in [3.05, 3.63) is 30.5 Å². The lowest BCUT2D eigenvalue weighted by molar-refractivity contribution is 0.220. The van der Waals surface area contributed by atoms with Crippen LogP contribution in [0.2, 0.25) is 0 Å². The maximum absolute atomic E-state index is 11.9. The number of hydrogen-bond donors (Lipinski definition) is 0. The van der Waals surface area contributed by atoms with Gasteiger partial charge in [0.15, 0.2) is 0 Å². The molecule has 0 bridgehead atoms. The van der Waals surface area contributed by atoms with Gasteiger partial charge in [-0.1, -0.05) is 0 Å². The average Bonchev–Trinajstić information content (AvgIpc) is 2.70. The van der Waals surface area contributed by atoms with E-state index in [1.807, 2.05) is 24.3 Å². The minimum absolute atomic E-state index is 0.0664. The summed E-state index contributed by atoms with van der Waals surface area (Å²) in [5, 5.41) is 1.02. The molecule has 0 aliphatic carbocycles. The van der Waals surface area contributed by atoms with Crippen molar-refractivity contribution < 1.29 is 9.53 Å². The van der Waals surface area contributed by atoms with Crippen LogP contribution in [0.5, 0.6) is 5.75 Å². The standard InChI is InChI=1S/C12H14N2O2/c1-13(2)12(15)14-7-6-9-4-5-10(16-3)8-11(9)14/h4-8H,1-3H3.